The minimum absolute atomic E-state index is 0.220. The highest BCUT2D eigenvalue weighted by Gasteiger charge is 2.30. The van der Waals surface area contributed by atoms with Gasteiger partial charge in [0.1, 0.15) is 5.82 Å². The number of rotatable bonds is 4. The zero-order valence-electron chi connectivity index (χ0n) is 16.4. The molecule has 1 aliphatic rings. The first kappa shape index (κ1) is 20.6. The molecule has 1 saturated heterocycles. The molecule has 0 saturated carbocycles. The van der Waals surface area contributed by atoms with E-state index in [0.29, 0.717) is 48.3 Å². The number of aromatic nitrogens is 2. The van der Waals surface area contributed by atoms with Crippen molar-refractivity contribution in [1.82, 2.24) is 14.1 Å². The van der Waals surface area contributed by atoms with E-state index in [0.717, 1.165) is 0 Å². The second kappa shape index (κ2) is 8.22. The standard InChI is InChI=1S/C21H21ClN4O3S/c1-16-18(22)8-5-9-19(16)30(28,29)25-14-12-24(13-15-25)20-10-11-21(27)26(23-20)17-6-3-2-4-7-17/h2-11H,12-15H2,1H3. The maximum Gasteiger partial charge on any atom is 0.271 e. The molecule has 0 N–H and O–H groups in total. The van der Waals surface area contributed by atoms with Crippen LogP contribution in [0.15, 0.2) is 70.4 Å². The molecule has 0 amide bonds. The molecule has 3 aromatic rings. The number of hydrogen-bond acceptors (Lipinski definition) is 5. The number of nitrogens with zero attached hydrogens (tertiary/aromatic N) is 4. The summed E-state index contributed by atoms with van der Waals surface area (Å²) in [5, 5.41) is 4.91. The highest BCUT2D eigenvalue weighted by Crippen LogP contribution is 2.26. The minimum Gasteiger partial charge on any atom is -0.353 e. The SMILES string of the molecule is Cc1c(Cl)cccc1S(=O)(=O)N1CCN(c2ccc(=O)n(-c3ccccc3)n2)CC1. The van der Waals surface area contributed by atoms with E-state index in [4.69, 9.17) is 11.6 Å². The van der Waals surface area contributed by atoms with Crippen LogP contribution in [-0.2, 0) is 10.0 Å². The molecule has 30 heavy (non-hydrogen) atoms. The fraction of sp³-hybridized carbons (Fsp3) is 0.238. The predicted molar refractivity (Wildman–Crippen MR) is 117 cm³/mol. The summed E-state index contributed by atoms with van der Waals surface area (Å²) in [4.78, 5) is 14.5. The largest absolute Gasteiger partial charge is 0.353 e. The maximum absolute atomic E-state index is 13.1. The summed E-state index contributed by atoms with van der Waals surface area (Å²) in [6, 6.07) is 17.3. The van der Waals surface area contributed by atoms with E-state index in [1.54, 1.807) is 31.2 Å². The molecule has 1 aromatic heterocycles. The fourth-order valence-electron chi connectivity index (χ4n) is 3.49. The lowest BCUT2D eigenvalue weighted by Gasteiger charge is -2.35. The van der Waals surface area contributed by atoms with Crippen LogP contribution in [0.4, 0.5) is 5.82 Å². The van der Waals surface area contributed by atoms with E-state index in [9.17, 15) is 13.2 Å². The van der Waals surface area contributed by atoms with Gasteiger partial charge in [0, 0.05) is 37.3 Å². The Balaban J connectivity index is 1.54. The van der Waals surface area contributed by atoms with Gasteiger partial charge in [-0.2, -0.15) is 8.99 Å². The summed E-state index contributed by atoms with van der Waals surface area (Å²) in [5.74, 6) is 0.634. The van der Waals surface area contributed by atoms with Gasteiger partial charge in [0.15, 0.2) is 0 Å². The third kappa shape index (κ3) is 3.86. The van der Waals surface area contributed by atoms with Crippen molar-refractivity contribution >= 4 is 27.4 Å². The molecule has 1 fully saturated rings. The molecule has 0 unspecified atom stereocenters. The lowest BCUT2D eigenvalue weighted by Crippen LogP contribution is -2.49. The first-order chi connectivity index (χ1) is 14.4. The van der Waals surface area contributed by atoms with E-state index in [2.05, 4.69) is 5.10 Å². The Morgan fingerprint density at radius 1 is 0.900 bits per heavy atom. The van der Waals surface area contributed by atoms with Crippen LogP contribution in [0.5, 0.6) is 0 Å². The molecule has 0 atom stereocenters. The van der Waals surface area contributed by atoms with Crippen LogP contribution in [0.3, 0.4) is 0 Å². The van der Waals surface area contributed by atoms with E-state index in [1.807, 2.05) is 35.2 Å². The van der Waals surface area contributed by atoms with Gasteiger partial charge in [-0.1, -0.05) is 35.9 Å². The number of sulfonamides is 1. The summed E-state index contributed by atoms with van der Waals surface area (Å²) >= 11 is 6.11. The number of piperazine rings is 1. The van der Waals surface area contributed by atoms with E-state index in [-0.39, 0.29) is 10.5 Å². The molecular weight excluding hydrogens is 424 g/mol. The topological polar surface area (TPSA) is 75.5 Å². The maximum atomic E-state index is 13.1. The summed E-state index contributed by atoms with van der Waals surface area (Å²) in [5.41, 5.74) is 1.02. The molecule has 0 radical (unpaired) electrons. The average molecular weight is 445 g/mol. The molecule has 1 aliphatic heterocycles. The van der Waals surface area contributed by atoms with Crippen molar-refractivity contribution in [2.75, 3.05) is 31.1 Å². The van der Waals surface area contributed by atoms with Crippen LogP contribution in [-0.4, -0.2) is 48.7 Å². The fourth-order valence-corrected chi connectivity index (χ4v) is 5.39. The van der Waals surface area contributed by atoms with Gasteiger partial charge >= 0.3 is 0 Å². The highest BCUT2D eigenvalue weighted by molar-refractivity contribution is 7.89. The normalized spacial score (nSPS) is 15.3. The van der Waals surface area contributed by atoms with Crippen molar-refractivity contribution in [3.8, 4) is 5.69 Å². The lowest BCUT2D eigenvalue weighted by molar-refractivity contribution is 0.383. The zero-order chi connectivity index (χ0) is 21.3. The van der Waals surface area contributed by atoms with Gasteiger partial charge in [-0.05, 0) is 42.8 Å². The second-order valence-corrected chi connectivity index (χ2v) is 9.34. The Morgan fingerprint density at radius 2 is 1.60 bits per heavy atom. The molecule has 0 spiro atoms. The molecule has 4 rings (SSSR count). The summed E-state index contributed by atoms with van der Waals surface area (Å²) in [7, 11) is -3.63. The third-order valence-electron chi connectivity index (χ3n) is 5.19. The number of benzene rings is 2. The van der Waals surface area contributed by atoms with Crippen molar-refractivity contribution in [3.63, 3.8) is 0 Å². The van der Waals surface area contributed by atoms with Gasteiger partial charge in [0.25, 0.3) is 5.56 Å². The monoisotopic (exact) mass is 444 g/mol. The molecule has 2 aromatic carbocycles. The molecule has 9 heteroatoms. The van der Waals surface area contributed by atoms with Crippen molar-refractivity contribution in [3.05, 3.63) is 81.6 Å². The van der Waals surface area contributed by atoms with E-state index < -0.39 is 10.0 Å². The summed E-state index contributed by atoms with van der Waals surface area (Å²) in [6.07, 6.45) is 0. The van der Waals surface area contributed by atoms with Gasteiger partial charge in [-0.3, -0.25) is 4.79 Å². The van der Waals surface area contributed by atoms with Gasteiger partial charge in [-0.15, -0.1) is 5.10 Å². The van der Waals surface area contributed by atoms with Crippen LogP contribution >= 0.6 is 11.6 Å². The Kier molecular flexibility index (Phi) is 5.64. The average Bonchev–Trinajstić information content (AvgIpc) is 2.76. The first-order valence-corrected chi connectivity index (χ1v) is 11.4. The number of para-hydroxylation sites is 1. The van der Waals surface area contributed by atoms with Gasteiger partial charge in [-0.25, -0.2) is 8.42 Å². The first-order valence-electron chi connectivity index (χ1n) is 9.54. The Hall–Kier alpha value is -2.68. The Bertz CT molecular complexity index is 1220. The van der Waals surface area contributed by atoms with Crippen molar-refractivity contribution < 1.29 is 8.42 Å². The second-order valence-electron chi connectivity index (χ2n) is 7.03. The van der Waals surface area contributed by atoms with Crippen LogP contribution in [0.2, 0.25) is 5.02 Å². The van der Waals surface area contributed by atoms with Gasteiger partial charge in [0.05, 0.1) is 10.6 Å². The van der Waals surface area contributed by atoms with Crippen molar-refractivity contribution in [2.24, 2.45) is 0 Å². The smallest absolute Gasteiger partial charge is 0.271 e. The molecule has 0 aliphatic carbocycles. The van der Waals surface area contributed by atoms with Crippen LogP contribution < -0.4 is 10.5 Å². The molecule has 0 bridgehead atoms. The molecule has 2 heterocycles. The minimum atomic E-state index is -3.63. The predicted octanol–water partition coefficient (Wildman–Crippen LogP) is 2.71. The van der Waals surface area contributed by atoms with E-state index in [1.165, 1.54) is 15.1 Å². The third-order valence-corrected chi connectivity index (χ3v) is 7.64. The quantitative estimate of drug-likeness (QED) is 0.618. The lowest BCUT2D eigenvalue weighted by atomic mass is 10.2. The van der Waals surface area contributed by atoms with Crippen molar-refractivity contribution in [2.45, 2.75) is 11.8 Å². The number of anilines is 1. The van der Waals surface area contributed by atoms with E-state index >= 15 is 0 Å². The Morgan fingerprint density at radius 3 is 2.30 bits per heavy atom. The number of halogens is 1. The molecule has 7 nitrogen and oxygen atoms in total. The molecule has 156 valence electrons. The van der Waals surface area contributed by atoms with Crippen LogP contribution in [0, 0.1) is 6.92 Å². The molecular formula is C21H21ClN4O3S. The van der Waals surface area contributed by atoms with Crippen molar-refractivity contribution in [1.29, 1.82) is 0 Å². The van der Waals surface area contributed by atoms with Crippen LogP contribution in [0.1, 0.15) is 5.56 Å². The Labute approximate surface area is 180 Å². The highest BCUT2D eigenvalue weighted by atomic mass is 35.5. The summed E-state index contributed by atoms with van der Waals surface area (Å²) < 4.78 is 29.0. The summed E-state index contributed by atoms with van der Waals surface area (Å²) in [6.45, 7) is 3.29. The van der Waals surface area contributed by atoms with Gasteiger partial charge < -0.3 is 4.90 Å². The number of hydrogen-bond donors (Lipinski definition) is 0. The van der Waals surface area contributed by atoms with Crippen LogP contribution in [0.25, 0.3) is 5.69 Å². The van der Waals surface area contributed by atoms with Gasteiger partial charge in [0.2, 0.25) is 10.0 Å². The zero-order valence-corrected chi connectivity index (χ0v) is 18.0.